The lowest BCUT2D eigenvalue weighted by Crippen LogP contribution is -2.14. The lowest BCUT2D eigenvalue weighted by atomic mass is 10.0. The lowest BCUT2D eigenvalue weighted by molar-refractivity contribution is 0.101. The Balaban J connectivity index is 2.60. The molecule has 0 bridgehead atoms. The SMILES string of the molecule is CCOC(=O)n1cc(-c2ccccc2)c(C(C)=O)c1C. The van der Waals surface area contributed by atoms with E-state index in [1.807, 2.05) is 30.3 Å². The summed E-state index contributed by atoms with van der Waals surface area (Å²) in [5, 5.41) is 0. The number of ether oxygens (including phenoxy) is 1. The molecular formula is C16H17NO3. The van der Waals surface area contributed by atoms with E-state index in [0.717, 1.165) is 11.1 Å². The molecule has 104 valence electrons. The van der Waals surface area contributed by atoms with E-state index in [1.54, 1.807) is 20.0 Å². The molecule has 0 amide bonds. The molecule has 0 aliphatic heterocycles. The van der Waals surface area contributed by atoms with Gasteiger partial charge in [-0.15, -0.1) is 0 Å². The van der Waals surface area contributed by atoms with Gasteiger partial charge in [0.25, 0.3) is 0 Å². The molecule has 0 unspecified atom stereocenters. The normalized spacial score (nSPS) is 10.3. The second kappa shape index (κ2) is 5.74. The fourth-order valence-corrected chi connectivity index (χ4v) is 2.27. The number of carbonyl (C=O) groups excluding carboxylic acids is 2. The van der Waals surface area contributed by atoms with Crippen LogP contribution in [0, 0.1) is 6.92 Å². The zero-order chi connectivity index (χ0) is 14.7. The first-order valence-corrected chi connectivity index (χ1v) is 6.51. The standard InChI is InChI=1S/C16H17NO3/c1-4-20-16(19)17-10-14(13-8-6-5-7-9-13)15(11(17)2)12(3)18/h5-10H,4H2,1-3H3. The van der Waals surface area contributed by atoms with Crippen molar-refractivity contribution in [3.63, 3.8) is 0 Å². The minimum atomic E-state index is -0.463. The van der Waals surface area contributed by atoms with Crippen molar-refractivity contribution in [3.05, 3.63) is 47.8 Å². The van der Waals surface area contributed by atoms with Crippen LogP contribution in [-0.4, -0.2) is 23.1 Å². The minimum absolute atomic E-state index is 0.0654. The first kappa shape index (κ1) is 14.1. The Kier molecular flexibility index (Phi) is 4.03. The van der Waals surface area contributed by atoms with Crippen LogP contribution < -0.4 is 0 Å². The van der Waals surface area contributed by atoms with Crippen LogP contribution in [0.5, 0.6) is 0 Å². The third-order valence-electron chi connectivity index (χ3n) is 3.15. The van der Waals surface area contributed by atoms with Crippen LogP contribution in [0.15, 0.2) is 36.5 Å². The van der Waals surface area contributed by atoms with Gasteiger partial charge >= 0.3 is 6.09 Å². The Morgan fingerprint density at radius 1 is 1.20 bits per heavy atom. The van der Waals surface area contributed by atoms with Gasteiger partial charge in [0.05, 0.1) is 6.61 Å². The molecule has 0 aliphatic rings. The van der Waals surface area contributed by atoms with E-state index < -0.39 is 6.09 Å². The third-order valence-corrected chi connectivity index (χ3v) is 3.15. The Morgan fingerprint density at radius 3 is 2.40 bits per heavy atom. The van der Waals surface area contributed by atoms with Crippen LogP contribution in [0.3, 0.4) is 0 Å². The number of ketones is 1. The van der Waals surface area contributed by atoms with Crippen LogP contribution in [0.1, 0.15) is 29.9 Å². The van der Waals surface area contributed by atoms with E-state index in [9.17, 15) is 9.59 Å². The van der Waals surface area contributed by atoms with Crippen LogP contribution >= 0.6 is 0 Å². The third kappa shape index (κ3) is 2.50. The molecule has 2 rings (SSSR count). The number of carbonyl (C=O) groups is 2. The van der Waals surface area contributed by atoms with Gasteiger partial charge < -0.3 is 4.74 Å². The first-order valence-electron chi connectivity index (χ1n) is 6.51. The summed E-state index contributed by atoms with van der Waals surface area (Å²) in [5.74, 6) is -0.0654. The maximum absolute atomic E-state index is 11.9. The van der Waals surface area contributed by atoms with Crippen molar-refractivity contribution < 1.29 is 14.3 Å². The zero-order valence-electron chi connectivity index (χ0n) is 11.8. The highest BCUT2D eigenvalue weighted by atomic mass is 16.5. The summed E-state index contributed by atoms with van der Waals surface area (Å²) >= 11 is 0. The molecule has 1 heterocycles. The molecule has 0 N–H and O–H groups in total. The Labute approximate surface area is 118 Å². The van der Waals surface area contributed by atoms with E-state index in [-0.39, 0.29) is 5.78 Å². The summed E-state index contributed by atoms with van der Waals surface area (Å²) < 4.78 is 6.40. The van der Waals surface area contributed by atoms with Gasteiger partial charge in [-0.2, -0.15) is 0 Å². The average Bonchev–Trinajstić information content (AvgIpc) is 2.78. The molecule has 2 aromatic rings. The van der Waals surface area contributed by atoms with Gasteiger partial charge in [0.15, 0.2) is 5.78 Å². The van der Waals surface area contributed by atoms with E-state index in [2.05, 4.69) is 0 Å². The van der Waals surface area contributed by atoms with Gasteiger partial charge in [0.2, 0.25) is 0 Å². The predicted octanol–water partition coefficient (Wildman–Crippen LogP) is 3.67. The van der Waals surface area contributed by atoms with Gasteiger partial charge in [-0.3, -0.25) is 9.36 Å². The molecule has 0 aliphatic carbocycles. The molecule has 20 heavy (non-hydrogen) atoms. The highest BCUT2D eigenvalue weighted by molar-refractivity contribution is 6.03. The van der Waals surface area contributed by atoms with Gasteiger partial charge in [-0.1, -0.05) is 30.3 Å². The lowest BCUT2D eigenvalue weighted by Gasteiger charge is -2.04. The Bertz CT molecular complexity index is 641. The summed E-state index contributed by atoms with van der Waals surface area (Å²) in [6.45, 7) is 5.30. The van der Waals surface area contributed by atoms with Crippen LogP contribution in [-0.2, 0) is 4.74 Å². The van der Waals surface area contributed by atoms with Crippen molar-refractivity contribution in [2.45, 2.75) is 20.8 Å². The van der Waals surface area contributed by atoms with E-state index >= 15 is 0 Å². The molecule has 0 saturated carbocycles. The highest BCUT2D eigenvalue weighted by Gasteiger charge is 2.21. The highest BCUT2D eigenvalue weighted by Crippen LogP contribution is 2.28. The predicted molar refractivity (Wildman–Crippen MR) is 77.0 cm³/mol. The molecule has 4 nitrogen and oxygen atoms in total. The summed E-state index contributed by atoms with van der Waals surface area (Å²) in [6.07, 6.45) is 1.20. The van der Waals surface area contributed by atoms with Crippen molar-refractivity contribution >= 4 is 11.9 Å². The fourth-order valence-electron chi connectivity index (χ4n) is 2.27. The summed E-state index contributed by atoms with van der Waals surface area (Å²) in [4.78, 5) is 23.8. The van der Waals surface area contributed by atoms with Crippen molar-refractivity contribution in [2.75, 3.05) is 6.61 Å². The quantitative estimate of drug-likeness (QED) is 0.800. The van der Waals surface area contributed by atoms with E-state index in [1.165, 1.54) is 11.5 Å². The minimum Gasteiger partial charge on any atom is -0.449 e. The molecule has 1 aromatic heterocycles. The summed E-state index contributed by atoms with van der Waals surface area (Å²) in [6, 6.07) is 9.53. The molecule has 4 heteroatoms. The molecule has 0 atom stereocenters. The second-order valence-corrected chi connectivity index (χ2v) is 4.49. The number of rotatable bonds is 3. The van der Waals surface area contributed by atoms with Crippen molar-refractivity contribution in [2.24, 2.45) is 0 Å². The Hall–Kier alpha value is -2.36. The van der Waals surface area contributed by atoms with Crippen molar-refractivity contribution in [1.29, 1.82) is 0 Å². The molecular weight excluding hydrogens is 254 g/mol. The number of Topliss-reactive ketones (excluding diaryl/α,β-unsaturated/α-hetero) is 1. The smallest absolute Gasteiger partial charge is 0.418 e. The second-order valence-electron chi connectivity index (χ2n) is 4.49. The maximum Gasteiger partial charge on any atom is 0.418 e. The molecule has 0 spiro atoms. The number of hydrogen-bond donors (Lipinski definition) is 0. The molecule has 1 aromatic carbocycles. The molecule has 0 radical (unpaired) electrons. The number of aromatic nitrogens is 1. The average molecular weight is 271 g/mol. The largest absolute Gasteiger partial charge is 0.449 e. The number of benzene rings is 1. The monoisotopic (exact) mass is 271 g/mol. The van der Waals surface area contributed by atoms with Crippen LogP contribution in [0.25, 0.3) is 11.1 Å². The fraction of sp³-hybridized carbons (Fsp3) is 0.250. The first-order chi connectivity index (χ1) is 9.56. The van der Waals surface area contributed by atoms with Gasteiger partial charge in [-0.25, -0.2) is 4.79 Å². The topological polar surface area (TPSA) is 48.3 Å². The number of hydrogen-bond acceptors (Lipinski definition) is 3. The van der Waals surface area contributed by atoms with Crippen molar-refractivity contribution in [3.8, 4) is 11.1 Å². The van der Waals surface area contributed by atoms with Gasteiger partial charge in [0, 0.05) is 23.0 Å². The van der Waals surface area contributed by atoms with Gasteiger partial charge in [-0.05, 0) is 26.3 Å². The zero-order valence-corrected chi connectivity index (χ0v) is 11.8. The van der Waals surface area contributed by atoms with E-state index in [4.69, 9.17) is 4.74 Å². The number of nitrogens with zero attached hydrogens (tertiary/aromatic N) is 1. The van der Waals surface area contributed by atoms with Crippen LogP contribution in [0.4, 0.5) is 4.79 Å². The maximum atomic E-state index is 11.9. The van der Waals surface area contributed by atoms with E-state index in [0.29, 0.717) is 17.9 Å². The summed E-state index contributed by atoms with van der Waals surface area (Å²) in [7, 11) is 0. The van der Waals surface area contributed by atoms with Crippen molar-refractivity contribution in [1.82, 2.24) is 4.57 Å². The van der Waals surface area contributed by atoms with Gasteiger partial charge in [0.1, 0.15) is 0 Å². The summed E-state index contributed by atoms with van der Waals surface area (Å²) in [5.41, 5.74) is 2.83. The molecule has 0 fully saturated rings. The van der Waals surface area contributed by atoms with Crippen LogP contribution in [0.2, 0.25) is 0 Å². The molecule has 0 saturated heterocycles. The Morgan fingerprint density at radius 2 is 1.85 bits per heavy atom.